The van der Waals surface area contributed by atoms with E-state index in [9.17, 15) is 4.79 Å². The van der Waals surface area contributed by atoms with E-state index in [-0.39, 0.29) is 5.91 Å². The molecule has 0 saturated carbocycles. The van der Waals surface area contributed by atoms with Gasteiger partial charge in [-0.2, -0.15) is 0 Å². The Kier molecular flexibility index (Phi) is 4.10. The van der Waals surface area contributed by atoms with Gasteiger partial charge in [-0.15, -0.1) is 0 Å². The van der Waals surface area contributed by atoms with Crippen LogP contribution in [0, 0.1) is 0 Å². The van der Waals surface area contributed by atoms with Crippen LogP contribution in [0.5, 0.6) is 0 Å². The third-order valence-corrected chi connectivity index (χ3v) is 2.94. The fourth-order valence-electron chi connectivity index (χ4n) is 1.82. The van der Waals surface area contributed by atoms with Gasteiger partial charge in [-0.3, -0.25) is 4.79 Å². The molecule has 0 aliphatic rings. The molecule has 2 aromatic carbocycles. The van der Waals surface area contributed by atoms with Crippen LogP contribution in [-0.4, -0.2) is 20.0 Å². The molecule has 0 bridgehead atoms. The van der Waals surface area contributed by atoms with E-state index in [1.54, 1.807) is 36.4 Å². The van der Waals surface area contributed by atoms with Crippen molar-refractivity contribution in [1.29, 1.82) is 0 Å². The van der Waals surface area contributed by atoms with Crippen LogP contribution in [0.25, 0.3) is 0 Å². The van der Waals surface area contributed by atoms with Crippen LogP contribution in [0.4, 0.5) is 22.7 Å². The van der Waals surface area contributed by atoms with Crippen LogP contribution in [0.3, 0.4) is 0 Å². The van der Waals surface area contributed by atoms with Crippen molar-refractivity contribution in [2.75, 3.05) is 35.8 Å². The molecule has 0 spiro atoms. The molecule has 2 aromatic rings. The third kappa shape index (κ3) is 3.20. The van der Waals surface area contributed by atoms with E-state index in [0.717, 1.165) is 11.4 Å². The van der Waals surface area contributed by atoms with E-state index in [0.29, 0.717) is 16.9 Å². The van der Waals surface area contributed by atoms with Gasteiger partial charge in [0.2, 0.25) is 0 Å². The minimum atomic E-state index is -0.164. The number of benzene rings is 2. The van der Waals surface area contributed by atoms with Crippen LogP contribution < -0.4 is 21.7 Å². The van der Waals surface area contributed by atoms with Crippen LogP contribution in [0.15, 0.2) is 42.5 Å². The first kappa shape index (κ1) is 13.7. The Labute approximate surface area is 118 Å². The molecule has 0 saturated heterocycles. The maximum Gasteiger partial charge on any atom is 0.255 e. The highest BCUT2D eigenvalue weighted by atomic mass is 16.1. The maximum atomic E-state index is 12.2. The summed E-state index contributed by atoms with van der Waals surface area (Å²) >= 11 is 0. The van der Waals surface area contributed by atoms with Gasteiger partial charge in [-0.05, 0) is 42.5 Å². The summed E-state index contributed by atoms with van der Waals surface area (Å²) in [5.41, 5.74) is 9.32. The van der Waals surface area contributed by atoms with E-state index in [1.165, 1.54) is 0 Å². The molecule has 0 aliphatic carbocycles. The number of carbonyl (C=O) groups is 1. The van der Waals surface area contributed by atoms with E-state index in [4.69, 9.17) is 5.73 Å². The summed E-state index contributed by atoms with van der Waals surface area (Å²) in [6.07, 6.45) is 0. The lowest BCUT2D eigenvalue weighted by molar-refractivity contribution is 0.102. The molecular weight excluding hydrogens is 252 g/mol. The van der Waals surface area contributed by atoms with Gasteiger partial charge in [0.05, 0.1) is 0 Å². The molecule has 2 rings (SSSR count). The topological polar surface area (TPSA) is 79.2 Å². The molecule has 0 atom stereocenters. The Morgan fingerprint density at radius 1 is 0.900 bits per heavy atom. The highest BCUT2D eigenvalue weighted by molar-refractivity contribution is 6.05. The Bertz CT molecular complexity index is 586. The van der Waals surface area contributed by atoms with Crippen molar-refractivity contribution in [3.63, 3.8) is 0 Å². The van der Waals surface area contributed by atoms with E-state index >= 15 is 0 Å². The van der Waals surface area contributed by atoms with Gasteiger partial charge >= 0.3 is 0 Å². The second-order valence-corrected chi connectivity index (χ2v) is 4.38. The number of carbonyl (C=O) groups excluding carboxylic acids is 1. The number of nitrogens with two attached hydrogens (primary N) is 1. The normalized spacial score (nSPS) is 9.90. The fraction of sp³-hybridized carbons (Fsp3) is 0.133. The molecule has 5 heteroatoms. The SMILES string of the molecule is CNc1cc(NC)cc(C(=O)Nc2ccc(N)cc2)c1. The second kappa shape index (κ2) is 5.97. The Hall–Kier alpha value is -2.69. The molecule has 0 radical (unpaired) electrons. The van der Waals surface area contributed by atoms with Gasteiger partial charge in [-0.1, -0.05) is 0 Å². The molecule has 20 heavy (non-hydrogen) atoms. The number of hydrogen-bond donors (Lipinski definition) is 4. The maximum absolute atomic E-state index is 12.2. The summed E-state index contributed by atoms with van der Waals surface area (Å²) < 4.78 is 0. The average molecular weight is 270 g/mol. The molecule has 0 aromatic heterocycles. The zero-order valence-corrected chi connectivity index (χ0v) is 11.5. The predicted octanol–water partition coefficient (Wildman–Crippen LogP) is 2.60. The van der Waals surface area contributed by atoms with Crippen molar-refractivity contribution in [2.24, 2.45) is 0 Å². The van der Waals surface area contributed by atoms with E-state index in [1.807, 2.05) is 20.2 Å². The number of nitrogen functional groups attached to an aromatic ring is 1. The van der Waals surface area contributed by atoms with Gasteiger partial charge in [-0.25, -0.2) is 0 Å². The molecule has 5 nitrogen and oxygen atoms in total. The molecule has 0 fully saturated rings. The smallest absolute Gasteiger partial charge is 0.255 e. The summed E-state index contributed by atoms with van der Waals surface area (Å²) in [6.45, 7) is 0. The van der Waals surface area contributed by atoms with Crippen LogP contribution in [-0.2, 0) is 0 Å². The molecule has 0 heterocycles. The lowest BCUT2D eigenvalue weighted by Gasteiger charge is -2.10. The second-order valence-electron chi connectivity index (χ2n) is 4.38. The van der Waals surface area contributed by atoms with Crippen molar-refractivity contribution in [1.82, 2.24) is 0 Å². The largest absolute Gasteiger partial charge is 0.399 e. The Morgan fingerprint density at radius 3 is 1.95 bits per heavy atom. The van der Waals surface area contributed by atoms with Gasteiger partial charge in [0.15, 0.2) is 0 Å². The number of rotatable bonds is 4. The molecule has 0 aliphatic heterocycles. The first-order valence-corrected chi connectivity index (χ1v) is 6.30. The van der Waals surface area contributed by atoms with Crippen molar-refractivity contribution < 1.29 is 4.79 Å². The summed E-state index contributed by atoms with van der Waals surface area (Å²) in [6, 6.07) is 12.6. The number of amides is 1. The van der Waals surface area contributed by atoms with E-state index in [2.05, 4.69) is 16.0 Å². The van der Waals surface area contributed by atoms with Gasteiger partial charge < -0.3 is 21.7 Å². The number of nitrogens with one attached hydrogen (secondary N) is 3. The third-order valence-electron chi connectivity index (χ3n) is 2.94. The van der Waals surface area contributed by atoms with Crippen LogP contribution >= 0.6 is 0 Å². The fourth-order valence-corrected chi connectivity index (χ4v) is 1.82. The first-order valence-electron chi connectivity index (χ1n) is 6.30. The summed E-state index contributed by atoms with van der Waals surface area (Å²) in [7, 11) is 3.63. The average Bonchev–Trinajstić information content (AvgIpc) is 2.48. The standard InChI is InChI=1S/C15H18N4O/c1-17-13-7-10(8-14(9-13)18-2)15(20)19-12-5-3-11(16)4-6-12/h3-9,17-18H,16H2,1-2H3,(H,19,20). The van der Waals surface area contributed by atoms with Gasteiger partial charge in [0.1, 0.15) is 0 Å². The minimum absolute atomic E-state index is 0.164. The van der Waals surface area contributed by atoms with Crippen LogP contribution in [0.2, 0.25) is 0 Å². The predicted molar refractivity (Wildman–Crippen MR) is 84.3 cm³/mol. The number of hydrogen-bond acceptors (Lipinski definition) is 4. The zero-order valence-electron chi connectivity index (χ0n) is 11.5. The van der Waals surface area contributed by atoms with Crippen LogP contribution in [0.1, 0.15) is 10.4 Å². The first-order chi connectivity index (χ1) is 9.62. The quantitative estimate of drug-likeness (QED) is 0.644. The summed E-state index contributed by atoms with van der Waals surface area (Å²) in [5, 5.41) is 8.90. The highest BCUT2D eigenvalue weighted by Gasteiger charge is 2.08. The van der Waals surface area contributed by atoms with Gasteiger partial charge in [0.25, 0.3) is 5.91 Å². The lowest BCUT2D eigenvalue weighted by Crippen LogP contribution is -2.12. The van der Waals surface area contributed by atoms with Crippen molar-refractivity contribution in [3.8, 4) is 0 Å². The molecular formula is C15H18N4O. The highest BCUT2D eigenvalue weighted by Crippen LogP contribution is 2.20. The van der Waals surface area contributed by atoms with Gasteiger partial charge in [0, 0.05) is 42.4 Å². The number of anilines is 4. The summed E-state index contributed by atoms with van der Waals surface area (Å²) in [4.78, 5) is 12.2. The molecule has 104 valence electrons. The molecule has 1 amide bonds. The molecule has 0 unspecified atom stereocenters. The molecule has 5 N–H and O–H groups in total. The zero-order chi connectivity index (χ0) is 14.5. The van der Waals surface area contributed by atoms with Crippen molar-refractivity contribution in [3.05, 3.63) is 48.0 Å². The Balaban J connectivity index is 2.22. The van der Waals surface area contributed by atoms with Crippen molar-refractivity contribution in [2.45, 2.75) is 0 Å². The minimum Gasteiger partial charge on any atom is -0.399 e. The lowest BCUT2D eigenvalue weighted by atomic mass is 10.1. The van der Waals surface area contributed by atoms with Crippen molar-refractivity contribution >= 4 is 28.7 Å². The summed E-state index contributed by atoms with van der Waals surface area (Å²) in [5.74, 6) is -0.164. The van der Waals surface area contributed by atoms with E-state index < -0.39 is 0 Å². The monoisotopic (exact) mass is 270 g/mol. The Morgan fingerprint density at radius 2 is 1.45 bits per heavy atom.